The molecule has 0 bridgehead atoms. The second-order valence-electron chi connectivity index (χ2n) is 12.8. The number of rotatable bonds is 18. The van der Waals surface area contributed by atoms with Gasteiger partial charge in [-0.3, -0.25) is 14.4 Å². The standard InChI is InChI=1S/C44H42N6O10/c1-6-49(7-2)30-13-14-31(36(52)23-30)42-43(55)41(44(42)56)28-9-11-29(12-10-28)50(8-3)17-19-59-39(53)15-16-40(54)60-22-21-58-38-25-32(34(26-45)47-4)37(57-20-18-51)24-33(38)35(27-46)48-5/h9-14,23-25,51H,6-8,15-22H2,1-3H3,(H,55,56)/p+1/b34-32+,35-33-. The molecule has 2 aliphatic carbocycles. The Bertz CT molecular complexity index is 2450. The number of hydrogen-bond acceptors (Lipinski definition) is 13. The van der Waals surface area contributed by atoms with Crippen molar-refractivity contribution < 1.29 is 53.2 Å². The van der Waals surface area contributed by atoms with Crippen LogP contribution in [0.25, 0.3) is 26.7 Å². The molecule has 3 N–H and O–H groups in total. The van der Waals surface area contributed by atoms with E-state index in [-0.39, 0.29) is 113 Å². The Labute approximate surface area is 346 Å². The molecule has 308 valence electrons. The smallest absolute Gasteiger partial charge is 0.306 e. The molecule has 0 atom stereocenters. The van der Waals surface area contributed by atoms with Crippen LogP contribution in [0.15, 0.2) is 71.5 Å². The summed E-state index contributed by atoms with van der Waals surface area (Å²) in [6.45, 7) is 22.0. The number of nitrogens with zero attached hydrogens (tertiary/aromatic N) is 6. The number of benzene rings is 2. The van der Waals surface area contributed by atoms with Gasteiger partial charge in [-0.25, -0.2) is 24.8 Å². The van der Waals surface area contributed by atoms with Crippen molar-refractivity contribution >= 4 is 46.1 Å². The van der Waals surface area contributed by atoms with Gasteiger partial charge in [0.2, 0.25) is 5.78 Å². The van der Waals surface area contributed by atoms with Crippen LogP contribution >= 0.6 is 0 Å². The van der Waals surface area contributed by atoms with E-state index in [0.29, 0.717) is 18.7 Å². The van der Waals surface area contributed by atoms with Crippen LogP contribution in [-0.2, 0) is 23.9 Å². The number of Topliss-reactive ketones (excluding diaryl/α,β-unsaturated/α-hetero) is 1. The molecule has 0 unspecified atom stereocenters. The number of ketones is 1. The Morgan fingerprint density at radius 2 is 1.37 bits per heavy atom. The van der Waals surface area contributed by atoms with Crippen molar-refractivity contribution in [3.8, 4) is 29.4 Å². The van der Waals surface area contributed by atoms with Gasteiger partial charge < -0.3 is 39.2 Å². The van der Waals surface area contributed by atoms with Gasteiger partial charge in [0.25, 0.3) is 11.4 Å². The molecule has 2 aliphatic rings. The molecule has 0 saturated carbocycles. The first kappa shape index (κ1) is 45.0. The maximum Gasteiger partial charge on any atom is 0.306 e. The molecule has 4 rings (SSSR count). The van der Waals surface area contributed by atoms with E-state index in [2.05, 4.69) is 14.6 Å². The van der Waals surface area contributed by atoms with Crippen molar-refractivity contribution in [1.82, 2.24) is 0 Å². The quantitative estimate of drug-likeness (QED) is 0.0649. The Morgan fingerprint density at radius 3 is 1.85 bits per heavy atom. The van der Waals surface area contributed by atoms with Gasteiger partial charge in [0.15, 0.2) is 12.3 Å². The van der Waals surface area contributed by atoms with Crippen molar-refractivity contribution in [3.63, 3.8) is 0 Å². The molecule has 16 nitrogen and oxygen atoms in total. The summed E-state index contributed by atoms with van der Waals surface area (Å²) in [6, 6.07) is 11.0. The number of aliphatic hydroxyl groups excluding tert-OH is 2. The lowest BCUT2D eigenvalue weighted by Crippen LogP contribution is -2.26. The fourth-order valence-corrected chi connectivity index (χ4v) is 6.29. The van der Waals surface area contributed by atoms with Gasteiger partial charge in [-0.15, -0.1) is 0 Å². The largest absolute Gasteiger partial charge is 0.507 e. The van der Waals surface area contributed by atoms with Gasteiger partial charge in [0.1, 0.15) is 56.0 Å². The normalized spacial score (nSPS) is 13.9. The third-order valence-corrected chi connectivity index (χ3v) is 9.35. The fourth-order valence-electron chi connectivity index (χ4n) is 6.29. The van der Waals surface area contributed by atoms with Crippen LogP contribution in [-0.4, -0.2) is 103 Å². The summed E-state index contributed by atoms with van der Waals surface area (Å²) >= 11 is 0. The zero-order valence-corrected chi connectivity index (χ0v) is 33.4. The summed E-state index contributed by atoms with van der Waals surface area (Å²) in [7, 11) is 0. The molecule has 16 heteroatoms. The van der Waals surface area contributed by atoms with Crippen LogP contribution in [0, 0.1) is 35.8 Å². The van der Waals surface area contributed by atoms with E-state index in [1.807, 2.05) is 25.3 Å². The first-order valence-electron chi connectivity index (χ1n) is 18.9. The molecular formula is C44H43N6O10+. The lowest BCUT2D eigenvalue weighted by molar-refractivity contribution is -0.524. The molecule has 2 aromatic rings. The number of anilines is 1. The van der Waals surface area contributed by atoms with Gasteiger partial charge in [-0.05, 0) is 62.8 Å². The van der Waals surface area contributed by atoms with E-state index in [0.717, 1.165) is 24.5 Å². The molecule has 0 fully saturated rings. The summed E-state index contributed by atoms with van der Waals surface area (Å²) < 4.78 is 23.6. The third kappa shape index (κ3) is 10.6. The van der Waals surface area contributed by atoms with E-state index in [4.69, 9.17) is 32.1 Å². The van der Waals surface area contributed by atoms with E-state index < -0.39 is 11.9 Å². The molecule has 0 aliphatic heterocycles. The maximum atomic E-state index is 13.2. The predicted molar refractivity (Wildman–Crippen MR) is 218 cm³/mol. The second kappa shape index (κ2) is 21.8. The van der Waals surface area contributed by atoms with E-state index >= 15 is 0 Å². The molecule has 60 heavy (non-hydrogen) atoms. The summed E-state index contributed by atoms with van der Waals surface area (Å²) in [4.78, 5) is 46.4. The molecule has 0 heterocycles. The van der Waals surface area contributed by atoms with Crippen LogP contribution in [0.4, 0.5) is 5.69 Å². The topological polar surface area (TPSA) is 211 Å². The summed E-state index contributed by atoms with van der Waals surface area (Å²) in [5, 5.41) is 49.6. The van der Waals surface area contributed by atoms with Crippen LogP contribution in [0.1, 0.15) is 39.2 Å². The van der Waals surface area contributed by atoms with Crippen molar-refractivity contribution in [3.05, 3.63) is 110 Å². The fraction of sp³-hybridized carbons (Fsp3) is 0.318. The monoisotopic (exact) mass is 815 g/mol. The number of esters is 2. The minimum atomic E-state index is -0.709. The van der Waals surface area contributed by atoms with Crippen molar-refractivity contribution in [2.45, 2.75) is 33.6 Å². The third-order valence-electron chi connectivity index (χ3n) is 9.35. The summed E-state index contributed by atoms with van der Waals surface area (Å²) in [5.74, 6) is -2.05. The Balaban J connectivity index is 1.29. The zero-order valence-electron chi connectivity index (χ0n) is 33.4. The molecule has 0 amide bonds. The number of carbonyl (C=O) groups is 3. The molecule has 2 aromatic carbocycles. The van der Waals surface area contributed by atoms with Gasteiger partial charge >= 0.3 is 11.9 Å². The molecule has 0 saturated heterocycles. The number of ether oxygens (including phenoxy) is 4. The second-order valence-corrected chi connectivity index (χ2v) is 12.8. The summed E-state index contributed by atoms with van der Waals surface area (Å²) in [6.07, 6.45) is 6.46. The predicted octanol–water partition coefficient (Wildman–Crippen LogP) is 3.41. The lowest BCUT2D eigenvalue weighted by atomic mass is 9.79. The molecular weight excluding hydrogens is 773 g/mol. The Morgan fingerprint density at radius 1 is 0.800 bits per heavy atom. The number of phenolic OH excluding ortho intramolecular Hbond substituents is 1. The van der Waals surface area contributed by atoms with E-state index in [1.54, 1.807) is 54.6 Å². The van der Waals surface area contributed by atoms with Crippen molar-refractivity contribution in [2.75, 3.05) is 64.1 Å². The number of aliphatic hydroxyl groups is 2. The average Bonchev–Trinajstić information content (AvgIpc) is 3.25. The highest BCUT2D eigenvalue weighted by Gasteiger charge is 2.38. The molecule has 0 aromatic heterocycles. The van der Waals surface area contributed by atoms with Crippen molar-refractivity contribution in [1.29, 1.82) is 10.5 Å². The van der Waals surface area contributed by atoms with Gasteiger partial charge in [0.05, 0.1) is 55.9 Å². The molecule has 0 spiro atoms. The number of likely N-dealkylation sites (N-methyl/N-ethyl adjacent to an activating group) is 1. The lowest BCUT2D eigenvalue weighted by Gasteiger charge is -2.25. The summed E-state index contributed by atoms with van der Waals surface area (Å²) in [5.41, 5.74) is 1.86. The Hall–Kier alpha value is -7.66. The van der Waals surface area contributed by atoms with Crippen molar-refractivity contribution in [2.24, 2.45) is 0 Å². The number of carbonyl (C=O) groups excluding carboxylic acids is 3. The highest BCUT2D eigenvalue weighted by Crippen LogP contribution is 2.42. The highest BCUT2D eigenvalue weighted by molar-refractivity contribution is 6.40. The number of allylic oxidation sites excluding steroid dienone is 7. The number of aromatic hydroxyl groups is 1. The van der Waals surface area contributed by atoms with Gasteiger partial charge in [-0.2, -0.15) is 0 Å². The minimum Gasteiger partial charge on any atom is -0.507 e. The van der Waals surface area contributed by atoms with Gasteiger partial charge in [0, 0.05) is 53.0 Å². The average molecular weight is 816 g/mol. The first-order valence-corrected chi connectivity index (χ1v) is 18.9. The van der Waals surface area contributed by atoms with E-state index in [1.165, 1.54) is 12.1 Å². The van der Waals surface area contributed by atoms with Crippen LogP contribution in [0.3, 0.4) is 0 Å². The SMILES string of the molecule is [C-]#[N+]/C(C#N)=c1/cc(OCCO)/c(=C(\C#N)[N+]#[C-])cc1OCCOC(=O)CCC(=O)OCC[N+](CC)=C1C=CC(=C2C(=O)C(c3ccc(N(CC)CC)cc3O)=C2O)C=C1. The number of phenols is 1. The minimum absolute atomic E-state index is 0.00543. The first-order chi connectivity index (χ1) is 29.0. The van der Waals surface area contributed by atoms with Crippen LogP contribution in [0.5, 0.6) is 17.2 Å². The molecule has 0 radical (unpaired) electrons. The maximum absolute atomic E-state index is 13.2. The number of nitriles is 2. The number of hydrogen-bond donors (Lipinski definition) is 3. The Kier molecular flexibility index (Phi) is 16.3. The highest BCUT2D eigenvalue weighted by atomic mass is 16.6. The van der Waals surface area contributed by atoms with Crippen LogP contribution in [0.2, 0.25) is 0 Å². The van der Waals surface area contributed by atoms with Gasteiger partial charge in [-0.1, -0.05) is 0 Å². The van der Waals surface area contributed by atoms with Crippen LogP contribution < -0.4 is 24.8 Å². The van der Waals surface area contributed by atoms with E-state index in [9.17, 15) is 40.2 Å². The zero-order chi connectivity index (χ0) is 43.8.